The minimum absolute atomic E-state index is 0. The molecule has 0 radical (unpaired) electrons. The van der Waals surface area contributed by atoms with Gasteiger partial charge in [0.15, 0.2) is 0 Å². The van der Waals surface area contributed by atoms with E-state index in [0.29, 0.717) is 0 Å². The molecule has 0 aromatic heterocycles. The molecule has 0 amide bonds. The van der Waals surface area contributed by atoms with Crippen LogP contribution in [0.2, 0.25) is 0 Å². The molecule has 0 aliphatic heterocycles. The predicted octanol–water partition coefficient (Wildman–Crippen LogP) is -9.18. The summed E-state index contributed by atoms with van der Waals surface area (Å²) in [6.45, 7) is 0. The largest absolute Gasteiger partial charge is 2.00 e. The summed E-state index contributed by atoms with van der Waals surface area (Å²) >= 11 is 0. The monoisotopic (exact) mass is 142 g/mol. The van der Waals surface area contributed by atoms with Crippen LogP contribution in [0, 0.1) is 0 Å². The Morgan fingerprint density at radius 1 is 1.12 bits per heavy atom. The van der Waals surface area contributed by atoms with Gasteiger partial charge in [-0.1, -0.05) is 0 Å². The van der Waals surface area contributed by atoms with Crippen molar-refractivity contribution in [1.82, 2.24) is 0 Å². The predicted molar refractivity (Wildman–Crippen MR) is 22.4 cm³/mol. The van der Waals surface area contributed by atoms with Crippen LogP contribution in [-0.4, -0.2) is 55.3 Å². The summed E-state index contributed by atoms with van der Waals surface area (Å²) in [4.78, 5) is 17.0. The van der Waals surface area contributed by atoms with Gasteiger partial charge in [-0.3, -0.25) is 0 Å². The molecule has 0 atom stereocenters. The second-order valence-corrected chi connectivity index (χ2v) is 0.750. The van der Waals surface area contributed by atoms with Gasteiger partial charge in [-0.15, -0.1) is 0 Å². The fourth-order valence-electron chi connectivity index (χ4n) is 0. The molecule has 0 saturated heterocycles. The van der Waals surface area contributed by atoms with Crippen LogP contribution >= 0.6 is 0 Å². The zero-order valence-corrected chi connectivity index (χ0v) is 8.97. The molecule has 0 unspecified atom stereocenters. The fraction of sp³-hybridized carbons (Fsp3) is 0. The minimum Gasteiger partial charge on any atom is -1.00 e. The van der Waals surface area contributed by atoms with E-state index >= 15 is 0 Å². The van der Waals surface area contributed by atoms with Gasteiger partial charge in [0.05, 0.1) is 0 Å². The summed E-state index contributed by atoms with van der Waals surface area (Å²) in [5, 5.41) is 0. The molecular formula is H4Li2Mg2O3Si. The summed E-state index contributed by atoms with van der Waals surface area (Å²) in [5.41, 5.74) is 0. The Bertz CT molecular complexity index is 49.3. The Hall–Kier alpha value is 2.34. The Morgan fingerprint density at radius 2 is 1.12 bits per heavy atom. The SMILES string of the molecule is O=[Si]([O-])[O-].[H-].[H-].[H-].[H-].[Li+].[Li+].[Mg+2].[Mg+2]. The van der Waals surface area contributed by atoms with E-state index < -0.39 is 9.17 Å². The van der Waals surface area contributed by atoms with E-state index in [1.165, 1.54) is 0 Å². The smallest absolute Gasteiger partial charge is 1.00 e. The molecule has 0 fully saturated rings. The second kappa shape index (κ2) is 22.8. The van der Waals surface area contributed by atoms with Crippen LogP contribution < -0.4 is 47.3 Å². The Balaban J connectivity index is -0.00000000161. The van der Waals surface area contributed by atoms with Crippen molar-refractivity contribution in [3.05, 3.63) is 0 Å². The van der Waals surface area contributed by atoms with Crippen LogP contribution in [0.25, 0.3) is 0 Å². The molecule has 32 valence electrons. The molecule has 8 heavy (non-hydrogen) atoms. The third-order valence-corrected chi connectivity index (χ3v) is 0. The van der Waals surface area contributed by atoms with Gasteiger partial charge in [-0.05, 0) is 0 Å². The quantitative estimate of drug-likeness (QED) is 0.316. The number of hydrogen-bond acceptors (Lipinski definition) is 3. The van der Waals surface area contributed by atoms with E-state index in [4.69, 9.17) is 14.1 Å². The van der Waals surface area contributed by atoms with Crippen LogP contribution in [0.5, 0.6) is 0 Å². The molecule has 0 heterocycles. The maximum Gasteiger partial charge on any atom is 2.00 e. The van der Waals surface area contributed by atoms with Crippen LogP contribution in [0.1, 0.15) is 5.71 Å². The maximum absolute atomic E-state index is 8.52. The maximum atomic E-state index is 8.52. The first-order valence-corrected chi connectivity index (χ1v) is 1.84. The molecule has 0 N–H and O–H groups in total. The number of rotatable bonds is 0. The van der Waals surface area contributed by atoms with E-state index in [9.17, 15) is 0 Å². The Morgan fingerprint density at radius 3 is 1.12 bits per heavy atom. The van der Waals surface area contributed by atoms with Gasteiger partial charge < -0.3 is 19.8 Å². The topological polar surface area (TPSA) is 63.2 Å². The van der Waals surface area contributed by atoms with Gasteiger partial charge >= 0.3 is 83.8 Å². The van der Waals surface area contributed by atoms with Crippen molar-refractivity contribution < 1.29 is 57.5 Å². The zero-order valence-electron chi connectivity index (χ0n) is 9.14. The summed E-state index contributed by atoms with van der Waals surface area (Å²) in [5.74, 6) is 0. The number of hydrogen-bond donors (Lipinski definition) is 0. The van der Waals surface area contributed by atoms with Crippen molar-refractivity contribution in [3.8, 4) is 0 Å². The van der Waals surface area contributed by atoms with Gasteiger partial charge in [0.25, 0.3) is 0 Å². The molecule has 0 bridgehead atoms. The van der Waals surface area contributed by atoms with E-state index in [0.717, 1.165) is 0 Å². The molecule has 0 saturated carbocycles. The molecule has 0 aromatic carbocycles. The summed E-state index contributed by atoms with van der Waals surface area (Å²) in [6, 6.07) is 0. The van der Waals surface area contributed by atoms with Crippen molar-refractivity contribution in [2.45, 2.75) is 0 Å². The summed E-state index contributed by atoms with van der Waals surface area (Å²) in [6.07, 6.45) is 0. The first-order valence-electron chi connectivity index (χ1n) is 0.612. The summed E-state index contributed by atoms with van der Waals surface area (Å²) in [7, 11) is -3.63. The van der Waals surface area contributed by atoms with Crippen LogP contribution in [-0.2, 0) is 4.46 Å². The van der Waals surface area contributed by atoms with E-state index in [2.05, 4.69) is 0 Å². The molecular weight excluding hydrogens is 139 g/mol. The normalized spacial score (nSPS) is 3.00. The molecule has 0 rings (SSSR count). The van der Waals surface area contributed by atoms with Crippen molar-refractivity contribution in [2.75, 3.05) is 0 Å². The van der Waals surface area contributed by atoms with Gasteiger partial charge in [-0.2, -0.15) is 0 Å². The van der Waals surface area contributed by atoms with E-state index in [1.807, 2.05) is 0 Å². The van der Waals surface area contributed by atoms with E-state index in [1.54, 1.807) is 0 Å². The second-order valence-electron chi connectivity index (χ2n) is 0.250. The van der Waals surface area contributed by atoms with Crippen molar-refractivity contribution in [2.24, 2.45) is 0 Å². The Labute approximate surface area is 111 Å². The van der Waals surface area contributed by atoms with Gasteiger partial charge in [0, 0.05) is 9.17 Å². The molecule has 0 aliphatic carbocycles. The first-order chi connectivity index (χ1) is 1.73. The zero-order chi connectivity index (χ0) is 3.58. The van der Waals surface area contributed by atoms with E-state index in [-0.39, 0.29) is 89.5 Å². The average Bonchev–Trinajstić information content (AvgIpc) is 0.811. The van der Waals surface area contributed by atoms with Crippen molar-refractivity contribution in [3.63, 3.8) is 0 Å². The van der Waals surface area contributed by atoms with Crippen LogP contribution in [0.4, 0.5) is 0 Å². The molecule has 0 spiro atoms. The fourth-order valence-corrected chi connectivity index (χ4v) is 0. The third-order valence-electron chi connectivity index (χ3n) is 0. The summed E-state index contributed by atoms with van der Waals surface area (Å²) < 4.78 is 8.52. The van der Waals surface area contributed by atoms with Gasteiger partial charge in [0.1, 0.15) is 0 Å². The van der Waals surface area contributed by atoms with Crippen LogP contribution in [0.3, 0.4) is 0 Å². The van der Waals surface area contributed by atoms with Gasteiger partial charge in [0.2, 0.25) is 0 Å². The first kappa shape index (κ1) is 31.6. The molecule has 3 nitrogen and oxygen atoms in total. The molecule has 0 aromatic rings. The molecule has 8 heteroatoms. The van der Waals surface area contributed by atoms with Crippen LogP contribution in [0.15, 0.2) is 0 Å². The van der Waals surface area contributed by atoms with Crippen molar-refractivity contribution in [1.29, 1.82) is 0 Å². The van der Waals surface area contributed by atoms with Gasteiger partial charge in [-0.25, -0.2) is 0 Å². The third kappa shape index (κ3) is 81.9. The van der Waals surface area contributed by atoms with Crippen molar-refractivity contribution >= 4 is 55.3 Å². The molecule has 0 aliphatic rings. The average molecular weight is 143 g/mol. The standard InChI is InChI=1S/2Li.2Mg.O3Si.4H/c;;;;1-4(2)3;;;;/q2*+1;2*+2;-2;4*-1. The minimum atomic E-state index is -3.63. The Kier molecular flexibility index (Phi) is 90.0.